The molecule has 0 bridgehead atoms. The molecule has 1 aliphatic heterocycles. The van der Waals surface area contributed by atoms with Crippen LogP contribution >= 0.6 is 0 Å². The molecule has 1 N–H and O–H groups in total. The van der Waals surface area contributed by atoms with Gasteiger partial charge in [-0.2, -0.15) is 0 Å². The van der Waals surface area contributed by atoms with Gasteiger partial charge in [-0.15, -0.1) is 0 Å². The van der Waals surface area contributed by atoms with Crippen LogP contribution in [0.5, 0.6) is 0 Å². The second-order valence-electron chi connectivity index (χ2n) is 4.18. The third kappa shape index (κ3) is 1.75. The third-order valence-corrected chi connectivity index (χ3v) is 2.83. The van der Waals surface area contributed by atoms with Crippen molar-refractivity contribution in [1.82, 2.24) is 5.32 Å². The van der Waals surface area contributed by atoms with Gasteiger partial charge in [0, 0.05) is 19.0 Å². The number of hydrogen-bond donors (Lipinski definition) is 1. The fourth-order valence-electron chi connectivity index (χ4n) is 1.70. The van der Waals surface area contributed by atoms with Gasteiger partial charge in [-0.3, -0.25) is 0 Å². The van der Waals surface area contributed by atoms with E-state index in [0.29, 0.717) is 5.92 Å². The van der Waals surface area contributed by atoms with Crippen molar-refractivity contribution in [3.05, 3.63) is 35.4 Å². The summed E-state index contributed by atoms with van der Waals surface area (Å²) in [5.74, 6) is 1.41. The maximum Gasteiger partial charge on any atom is 0.00886 e. The maximum absolute atomic E-state index is 3.31. The molecule has 0 spiro atoms. The molecule has 2 rings (SSSR count). The Labute approximate surface area is 80.2 Å². The Morgan fingerprint density at radius 3 is 2.62 bits per heavy atom. The van der Waals surface area contributed by atoms with Gasteiger partial charge in [0.05, 0.1) is 0 Å². The number of hydrogen-bond acceptors (Lipinski definition) is 1. The number of nitrogens with one attached hydrogen (secondary N) is 1. The van der Waals surface area contributed by atoms with E-state index in [1.165, 1.54) is 11.1 Å². The predicted octanol–water partition coefficient (Wildman–Crippen LogP) is 2.50. The highest BCUT2D eigenvalue weighted by Gasteiger charge is 2.18. The first-order valence-electron chi connectivity index (χ1n) is 5.08. The minimum absolute atomic E-state index is 0.646. The van der Waals surface area contributed by atoms with E-state index in [2.05, 4.69) is 43.4 Å². The summed E-state index contributed by atoms with van der Waals surface area (Å²) in [4.78, 5) is 0. The molecule has 0 atom stereocenters. The number of benzene rings is 1. The van der Waals surface area contributed by atoms with Crippen LogP contribution in [0.4, 0.5) is 0 Å². The normalized spacial score (nSPS) is 17.5. The molecule has 0 aliphatic carbocycles. The fraction of sp³-hybridized carbons (Fsp3) is 0.500. The summed E-state index contributed by atoms with van der Waals surface area (Å²) in [5, 5.41) is 3.31. The van der Waals surface area contributed by atoms with Gasteiger partial charge < -0.3 is 5.32 Å². The van der Waals surface area contributed by atoms with Crippen molar-refractivity contribution in [2.45, 2.75) is 25.7 Å². The van der Waals surface area contributed by atoms with Crippen LogP contribution in [0.15, 0.2) is 24.3 Å². The van der Waals surface area contributed by atoms with Gasteiger partial charge in [-0.25, -0.2) is 0 Å². The highest BCUT2D eigenvalue weighted by Crippen LogP contribution is 2.23. The van der Waals surface area contributed by atoms with Crippen molar-refractivity contribution >= 4 is 0 Å². The molecule has 0 aromatic heterocycles. The van der Waals surface area contributed by atoms with Gasteiger partial charge in [0.1, 0.15) is 0 Å². The summed E-state index contributed by atoms with van der Waals surface area (Å²) in [6.45, 7) is 6.80. The first-order chi connectivity index (χ1) is 6.27. The van der Waals surface area contributed by atoms with Gasteiger partial charge >= 0.3 is 0 Å². The van der Waals surface area contributed by atoms with E-state index in [1.807, 2.05) is 0 Å². The maximum atomic E-state index is 3.31. The average molecular weight is 175 g/mol. The molecule has 1 fully saturated rings. The lowest BCUT2D eigenvalue weighted by molar-refractivity contribution is 0.448. The SMILES string of the molecule is CC(C)c1cccc(C2CNC2)c1. The van der Waals surface area contributed by atoms with Crippen LogP contribution in [-0.2, 0) is 0 Å². The quantitative estimate of drug-likeness (QED) is 0.728. The zero-order chi connectivity index (χ0) is 9.26. The van der Waals surface area contributed by atoms with E-state index < -0.39 is 0 Å². The van der Waals surface area contributed by atoms with Crippen molar-refractivity contribution in [1.29, 1.82) is 0 Å². The summed E-state index contributed by atoms with van der Waals surface area (Å²) in [5.41, 5.74) is 2.97. The van der Waals surface area contributed by atoms with Crippen LogP contribution in [0.1, 0.15) is 36.8 Å². The van der Waals surface area contributed by atoms with Gasteiger partial charge in [-0.1, -0.05) is 38.1 Å². The summed E-state index contributed by atoms with van der Waals surface area (Å²) >= 11 is 0. The summed E-state index contributed by atoms with van der Waals surface area (Å²) < 4.78 is 0. The van der Waals surface area contributed by atoms with E-state index >= 15 is 0 Å². The number of rotatable bonds is 2. The molecule has 0 saturated carbocycles. The smallest absolute Gasteiger partial charge is 0.00886 e. The van der Waals surface area contributed by atoms with Crippen LogP contribution < -0.4 is 5.32 Å². The molecule has 1 aliphatic rings. The largest absolute Gasteiger partial charge is 0.315 e. The standard InChI is InChI=1S/C12H17N/c1-9(2)10-4-3-5-11(6-10)12-7-13-8-12/h3-6,9,12-13H,7-8H2,1-2H3. The lowest BCUT2D eigenvalue weighted by Crippen LogP contribution is -2.39. The van der Waals surface area contributed by atoms with Crippen molar-refractivity contribution in [2.75, 3.05) is 13.1 Å². The first-order valence-corrected chi connectivity index (χ1v) is 5.08. The minimum Gasteiger partial charge on any atom is -0.315 e. The Hall–Kier alpha value is -0.820. The Kier molecular flexibility index (Phi) is 2.36. The summed E-state index contributed by atoms with van der Waals surface area (Å²) in [6, 6.07) is 9.01. The van der Waals surface area contributed by atoms with E-state index in [-0.39, 0.29) is 0 Å². The van der Waals surface area contributed by atoms with E-state index in [4.69, 9.17) is 0 Å². The molecule has 1 heteroatoms. The molecule has 70 valence electrons. The molecule has 0 amide bonds. The first kappa shape index (κ1) is 8.76. The van der Waals surface area contributed by atoms with Gasteiger partial charge in [0.2, 0.25) is 0 Å². The molecular weight excluding hydrogens is 158 g/mol. The molecule has 1 aromatic rings. The molecular formula is C12H17N. The molecule has 1 nitrogen and oxygen atoms in total. The van der Waals surface area contributed by atoms with E-state index in [0.717, 1.165) is 19.0 Å². The Balaban J connectivity index is 2.21. The second kappa shape index (κ2) is 3.51. The molecule has 1 heterocycles. The van der Waals surface area contributed by atoms with E-state index in [9.17, 15) is 0 Å². The molecule has 1 aromatic carbocycles. The van der Waals surface area contributed by atoms with Crippen LogP contribution in [0.25, 0.3) is 0 Å². The van der Waals surface area contributed by atoms with Gasteiger partial charge in [-0.05, 0) is 17.0 Å². The Morgan fingerprint density at radius 2 is 2.08 bits per heavy atom. The lowest BCUT2D eigenvalue weighted by Gasteiger charge is -2.28. The summed E-state index contributed by atoms with van der Waals surface area (Å²) in [7, 11) is 0. The zero-order valence-corrected chi connectivity index (χ0v) is 8.38. The molecule has 0 radical (unpaired) electrons. The van der Waals surface area contributed by atoms with Crippen molar-refractivity contribution < 1.29 is 0 Å². The Morgan fingerprint density at radius 1 is 1.31 bits per heavy atom. The van der Waals surface area contributed by atoms with E-state index in [1.54, 1.807) is 0 Å². The van der Waals surface area contributed by atoms with Crippen LogP contribution in [-0.4, -0.2) is 13.1 Å². The Bertz CT molecular complexity index is 287. The van der Waals surface area contributed by atoms with Crippen molar-refractivity contribution in [2.24, 2.45) is 0 Å². The minimum atomic E-state index is 0.646. The van der Waals surface area contributed by atoms with Crippen LogP contribution in [0, 0.1) is 0 Å². The fourth-order valence-corrected chi connectivity index (χ4v) is 1.70. The monoisotopic (exact) mass is 175 g/mol. The topological polar surface area (TPSA) is 12.0 Å². The lowest BCUT2D eigenvalue weighted by atomic mass is 9.90. The highest BCUT2D eigenvalue weighted by molar-refractivity contribution is 5.29. The average Bonchev–Trinajstić information content (AvgIpc) is 2.01. The van der Waals surface area contributed by atoms with Crippen LogP contribution in [0.2, 0.25) is 0 Å². The highest BCUT2D eigenvalue weighted by atomic mass is 14.9. The summed E-state index contributed by atoms with van der Waals surface area (Å²) in [6.07, 6.45) is 0. The molecule has 1 saturated heterocycles. The zero-order valence-electron chi connectivity index (χ0n) is 8.38. The van der Waals surface area contributed by atoms with Crippen molar-refractivity contribution in [3.63, 3.8) is 0 Å². The second-order valence-corrected chi connectivity index (χ2v) is 4.18. The predicted molar refractivity (Wildman–Crippen MR) is 56.1 cm³/mol. The van der Waals surface area contributed by atoms with Gasteiger partial charge in [0.25, 0.3) is 0 Å². The third-order valence-electron chi connectivity index (χ3n) is 2.83. The molecule has 0 unspecified atom stereocenters. The van der Waals surface area contributed by atoms with Gasteiger partial charge in [0.15, 0.2) is 0 Å². The van der Waals surface area contributed by atoms with Crippen LogP contribution in [0.3, 0.4) is 0 Å². The van der Waals surface area contributed by atoms with Crippen molar-refractivity contribution in [3.8, 4) is 0 Å². The molecule has 13 heavy (non-hydrogen) atoms.